The van der Waals surface area contributed by atoms with E-state index in [4.69, 9.17) is 14.5 Å². The van der Waals surface area contributed by atoms with E-state index in [1.165, 1.54) is 12.7 Å². The summed E-state index contributed by atoms with van der Waals surface area (Å²) in [4.78, 5) is 31.0. The summed E-state index contributed by atoms with van der Waals surface area (Å²) in [6, 6.07) is 14.7. The van der Waals surface area contributed by atoms with Gasteiger partial charge in [0.15, 0.2) is 0 Å². The van der Waals surface area contributed by atoms with E-state index < -0.39 is 5.97 Å². The van der Waals surface area contributed by atoms with Crippen LogP contribution in [0.1, 0.15) is 56.2 Å². The molecular formula is C28H33N3O5. The fraction of sp³-hybridized carbons (Fsp3) is 0.464. The smallest absolute Gasteiger partial charge is 0.414 e. The molecule has 1 aromatic heterocycles. The fourth-order valence-electron chi connectivity index (χ4n) is 5.74. The van der Waals surface area contributed by atoms with Gasteiger partial charge in [0.05, 0.1) is 36.4 Å². The molecular weight excluding hydrogens is 458 g/mol. The Kier molecular flexibility index (Phi) is 6.85. The molecule has 5 rings (SSSR count). The number of carboxylic acids is 1. The zero-order chi connectivity index (χ0) is 25.2. The number of benzene rings is 2. The fourth-order valence-corrected chi connectivity index (χ4v) is 5.74. The third-order valence-electron chi connectivity index (χ3n) is 7.62. The van der Waals surface area contributed by atoms with Gasteiger partial charge >= 0.3 is 12.1 Å². The molecule has 2 aliphatic rings. The number of aryl methyl sites for hydroxylation is 1. The lowest BCUT2D eigenvalue weighted by atomic mass is 9.85. The van der Waals surface area contributed by atoms with E-state index in [-0.39, 0.29) is 24.1 Å². The first-order valence-electron chi connectivity index (χ1n) is 12.8. The number of rotatable bonds is 6. The van der Waals surface area contributed by atoms with Crippen molar-refractivity contribution in [3.8, 4) is 6.01 Å². The average molecular weight is 492 g/mol. The predicted octanol–water partition coefficient (Wildman–Crippen LogP) is 5.38. The number of carboxylic acid groups (broad SMARTS) is 1. The van der Waals surface area contributed by atoms with E-state index in [1.54, 1.807) is 4.90 Å². The maximum atomic E-state index is 12.6. The molecule has 2 heterocycles. The largest absolute Gasteiger partial charge is 0.481 e. The van der Waals surface area contributed by atoms with Crippen molar-refractivity contribution in [1.82, 2.24) is 9.55 Å². The van der Waals surface area contributed by atoms with Gasteiger partial charge in [0, 0.05) is 24.1 Å². The monoisotopic (exact) mass is 491 g/mol. The third kappa shape index (κ3) is 4.52. The van der Waals surface area contributed by atoms with Crippen molar-refractivity contribution in [3.63, 3.8) is 0 Å². The lowest BCUT2D eigenvalue weighted by Gasteiger charge is -2.34. The van der Waals surface area contributed by atoms with Gasteiger partial charge in [0.25, 0.3) is 6.01 Å². The first-order chi connectivity index (χ1) is 17.5. The number of amides is 1. The minimum Gasteiger partial charge on any atom is -0.481 e. The van der Waals surface area contributed by atoms with Crippen LogP contribution in [-0.2, 0) is 22.4 Å². The molecule has 0 bridgehead atoms. The number of hydrogen-bond acceptors (Lipinski definition) is 5. The number of hydrogen-bond donors (Lipinski definition) is 1. The molecule has 1 unspecified atom stereocenters. The highest BCUT2D eigenvalue weighted by Gasteiger charge is 2.34. The zero-order valence-corrected chi connectivity index (χ0v) is 20.9. The van der Waals surface area contributed by atoms with Crippen LogP contribution in [0.15, 0.2) is 42.5 Å². The van der Waals surface area contributed by atoms with Crippen molar-refractivity contribution in [2.45, 2.75) is 64.0 Å². The Morgan fingerprint density at radius 1 is 1.11 bits per heavy atom. The number of fused-ring (bicyclic) bond motifs is 3. The van der Waals surface area contributed by atoms with Gasteiger partial charge in [-0.3, -0.25) is 14.3 Å². The number of carbonyl (C=O) groups is 2. The summed E-state index contributed by atoms with van der Waals surface area (Å²) in [6.45, 7) is 2.49. The van der Waals surface area contributed by atoms with Gasteiger partial charge in [-0.05, 0) is 56.7 Å². The van der Waals surface area contributed by atoms with Crippen LogP contribution in [0, 0.1) is 5.92 Å². The molecule has 36 heavy (non-hydrogen) atoms. The summed E-state index contributed by atoms with van der Waals surface area (Å²) in [7, 11) is 1.40. The van der Waals surface area contributed by atoms with Crippen molar-refractivity contribution in [1.29, 1.82) is 0 Å². The van der Waals surface area contributed by atoms with E-state index in [0.29, 0.717) is 25.5 Å². The van der Waals surface area contributed by atoms with E-state index in [2.05, 4.69) is 16.7 Å². The Morgan fingerprint density at radius 2 is 1.92 bits per heavy atom. The molecule has 2 aromatic carbocycles. The van der Waals surface area contributed by atoms with Gasteiger partial charge in [-0.2, -0.15) is 4.98 Å². The number of carbonyl (C=O) groups excluding carboxylic acids is 1. The van der Waals surface area contributed by atoms with Crippen LogP contribution in [0.2, 0.25) is 0 Å². The lowest BCUT2D eigenvalue weighted by Crippen LogP contribution is -2.42. The Bertz CT molecular complexity index is 1260. The quantitative estimate of drug-likeness (QED) is 0.497. The van der Waals surface area contributed by atoms with E-state index in [1.807, 2.05) is 37.3 Å². The first-order valence-corrected chi connectivity index (χ1v) is 12.8. The predicted molar refractivity (Wildman–Crippen MR) is 137 cm³/mol. The number of methoxy groups -OCH3 is 1. The Hall–Kier alpha value is -3.55. The second kappa shape index (κ2) is 10.2. The van der Waals surface area contributed by atoms with Crippen molar-refractivity contribution in [2.75, 3.05) is 18.6 Å². The van der Waals surface area contributed by atoms with Crippen molar-refractivity contribution < 1.29 is 24.2 Å². The van der Waals surface area contributed by atoms with Crippen LogP contribution in [0.3, 0.4) is 0 Å². The topological polar surface area (TPSA) is 93.9 Å². The standard InChI is InChI=1S/C28H33N3O5/c1-18-11-12-22-23(30(18)28(34)35-2)13-14-24-25(22)29-27(36-16-15-19-7-4-3-5-8-19)31(24)21-10-6-9-20(17-21)26(32)33/h3-5,7-8,13-14,18,20-21H,6,9-12,15-17H2,1-2H3,(H,32,33)/t18?,20-,21-/m1/s1. The van der Waals surface area contributed by atoms with Crippen molar-refractivity contribution in [3.05, 3.63) is 53.6 Å². The van der Waals surface area contributed by atoms with E-state index >= 15 is 0 Å². The maximum absolute atomic E-state index is 12.6. The normalized spacial score (nSPS) is 21.7. The summed E-state index contributed by atoms with van der Waals surface area (Å²) < 4.78 is 13.5. The number of nitrogens with zero attached hydrogens (tertiary/aromatic N) is 3. The second-order valence-electron chi connectivity index (χ2n) is 9.86. The number of imidazole rings is 1. The molecule has 1 fully saturated rings. The van der Waals surface area contributed by atoms with Crippen LogP contribution in [-0.4, -0.2) is 46.5 Å². The molecule has 3 aromatic rings. The maximum Gasteiger partial charge on any atom is 0.414 e. The summed E-state index contributed by atoms with van der Waals surface area (Å²) in [5, 5.41) is 9.69. The molecule has 1 aliphatic carbocycles. The zero-order valence-electron chi connectivity index (χ0n) is 20.9. The molecule has 1 amide bonds. The van der Waals surface area contributed by atoms with Crippen LogP contribution < -0.4 is 9.64 Å². The third-order valence-corrected chi connectivity index (χ3v) is 7.62. The summed E-state index contributed by atoms with van der Waals surface area (Å²) in [5.41, 5.74) is 4.76. The molecule has 0 saturated heterocycles. The minimum atomic E-state index is -0.740. The van der Waals surface area contributed by atoms with Crippen molar-refractivity contribution >= 4 is 28.8 Å². The second-order valence-corrected chi connectivity index (χ2v) is 9.86. The highest BCUT2D eigenvalue weighted by atomic mass is 16.5. The summed E-state index contributed by atoms with van der Waals surface area (Å²) in [5.74, 6) is -1.11. The van der Waals surface area contributed by atoms with Crippen LogP contribution in [0.5, 0.6) is 6.01 Å². The SMILES string of the molecule is COC(=O)N1c2ccc3c(nc(OCCc4ccccc4)n3[C@@H]3CCC[C@@H](C(=O)O)C3)c2CCC1C. The summed E-state index contributed by atoms with van der Waals surface area (Å²) >= 11 is 0. The Morgan fingerprint density at radius 3 is 2.67 bits per heavy atom. The van der Waals surface area contributed by atoms with Gasteiger partial charge in [0.1, 0.15) is 0 Å². The van der Waals surface area contributed by atoms with Crippen molar-refractivity contribution in [2.24, 2.45) is 5.92 Å². The average Bonchev–Trinajstić information content (AvgIpc) is 3.27. The van der Waals surface area contributed by atoms with E-state index in [0.717, 1.165) is 54.4 Å². The van der Waals surface area contributed by atoms with Gasteiger partial charge in [-0.1, -0.05) is 36.8 Å². The van der Waals surface area contributed by atoms with Gasteiger partial charge in [-0.25, -0.2) is 4.79 Å². The molecule has 8 heteroatoms. The lowest BCUT2D eigenvalue weighted by molar-refractivity contribution is -0.143. The van der Waals surface area contributed by atoms with E-state index in [9.17, 15) is 14.7 Å². The Labute approximate surface area is 210 Å². The summed E-state index contributed by atoms with van der Waals surface area (Å²) in [6.07, 6.45) is 4.96. The molecule has 0 radical (unpaired) electrons. The van der Waals surface area contributed by atoms with Gasteiger partial charge in [-0.15, -0.1) is 0 Å². The number of aromatic nitrogens is 2. The van der Waals surface area contributed by atoms with Crippen LogP contribution >= 0.6 is 0 Å². The molecule has 8 nitrogen and oxygen atoms in total. The highest BCUT2D eigenvalue weighted by molar-refractivity contribution is 5.95. The molecule has 1 saturated carbocycles. The number of anilines is 1. The number of ether oxygens (including phenoxy) is 2. The van der Waals surface area contributed by atoms with Crippen LogP contribution in [0.4, 0.5) is 10.5 Å². The highest BCUT2D eigenvalue weighted by Crippen LogP contribution is 2.42. The van der Waals surface area contributed by atoms with Gasteiger partial charge < -0.3 is 14.6 Å². The molecule has 0 spiro atoms. The molecule has 3 atom stereocenters. The minimum absolute atomic E-state index is 0.00569. The molecule has 1 N–H and O–H groups in total. The number of aliphatic carboxylic acids is 1. The first kappa shape index (κ1) is 24.2. The molecule has 190 valence electrons. The van der Waals surface area contributed by atoms with Gasteiger partial charge in [0.2, 0.25) is 0 Å². The molecule has 1 aliphatic heterocycles. The van der Waals surface area contributed by atoms with Crippen LogP contribution in [0.25, 0.3) is 11.0 Å². The Balaban J connectivity index is 1.55.